The molecule has 0 bridgehead atoms. The first-order valence-electron chi connectivity index (χ1n) is 8.47. The predicted octanol–water partition coefficient (Wildman–Crippen LogP) is 3.24. The Bertz CT molecular complexity index is 921. The van der Waals surface area contributed by atoms with Gasteiger partial charge in [0.25, 0.3) is 0 Å². The number of benzene rings is 2. The molecule has 0 saturated carbocycles. The maximum Gasteiger partial charge on any atom is 0.344 e. The third-order valence-electron chi connectivity index (χ3n) is 3.87. The lowest BCUT2D eigenvalue weighted by atomic mass is 10.1. The Morgan fingerprint density at radius 1 is 1.00 bits per heavy atom. The minimum Gasteiger partial charge on any atom is -0.486 e. The minimum atomic E-state index is -0.484. The molecule has 1 aliphatic heterocycles. The summed E-state index contributed by atoms with van der Waals surface area (Å²) < 4.78 is 26.9. The Balaban J connectivity index is 1.32. The smallest absolute Gasteiger partial charge is 0.344 e. The molecule has 0 amide bonds. The number of esters is 1. The van der Waals surface area contributed by atoms with E-state index < -0.39 is 5.97 Å². The molecule has 0 aliphatic carbocycles. The van der Waals surface area contributed by atoms with Crippen LogP contribution in [-0.4, -0.2) is 30.9 Å². The van der Waals surface area contributed by atoms with Crippen molar-refractivity contribution in [3.63, 3.8) is 0 Å². The summed E-state index contributed by atoms with van der Waals surface area (Å²) in [5, 5.41) is 3.93. The predicted molar refractivity (Wildman–Crippen MR) is 94.7 cm³/mol. The number of carbonyl (C=O) groups excluding carboxylic acids is 1. The van der Waals surface area contributed by atoms with Crippen molar-refractivity contribution in [3.8, 4) is 28.6 Å². The van der Waals surface area contributed by atoms with Crippen molar-refractivity contribution in [2.24, 2.45) is 0 Å². The number of fused-ring (bicyclic) bond motifs is 1. The molecule has 7 heteroatoms. The third-order valence-corrected chi connectivity index (χ3v) is 3.87. The van der Waals surface area contributed by atoms with E-state index in [9.17, 15) is 4.79 Å². The molecule has 2 heterocycles. The molecular weight excluding hydrogens is 350 g/mol. The summed E-state index contributed by atoms with van der Waals surface area (Å²) in [4.78, 5) is 11.8. The molecule has 0 unspecified atom stereocenters. The molecule has 0 saturated heterocycles. The molecule has 0 spiro atoms. The molecule has 0 atom stereocenters. The average molecular weight is 367 g/mol. The van der Waals surface area contributed by atoms with Crippen LogP contribution in [0.1, 0.15) is 5.69 Å². The number of carbonyl (C=O) groups is 1. The normalized spacial score (nSPS) is 12.4. The minimum absolute atomic E-state index is 0.00499. The number of hydrogen-bond acceptors (Lipinski definition) is 7. The van der Waals surface area contributed by atoms with Crippen molar-refractivity contribution in [1.29, 1.82) is 0 Å². The van der Waals surface area contributed by atoms with Crippen LogP contribution in [0, 0.1) is 0 Å². The van der Waals surface area contributed by atoms with Gasteiger partial charge in [-0.3, -0.25) is 0 Å². The van der Waals surface area contributed by atoms with E-state index in [2.05, 4.69) is 5.16 Å². The quantitative estimate of drug-likeness (QED) is 0.619. The highest BCUT2D eigenvalue weighted by Gasteiger charge is 2.15. The highest BCUT2D eigenvalue weighted by atomic mass is 16.6. The van der Waals surface area contributed by atoms with Crippen molar-refractivity contribution >= 4 is 5.97 Å². The Kier molecular flexibility index (Phi) is 4.91. The molecule has 138 valence electrons. The topological polar surface area (TPSA) is 80.0 Å². The summed E-state index contributed by atoms with van der Waals surface area (Å²) in [6.07, 6.45) is 0. The number of hydrogen-bond donors (Lipinski definition) is 0. The zero-order chi connectivity index (χ0) is 18.5. The first-order chi connectivity index (χ1) is 13.3. The van der Waals surface area contributed by atoms with Gasteiger partial charge in [0.05, 0.1) is 0 Å². The summed E-state index contributed by atoms with van der Waals surface area (Å²) in [5.74, 6) is 2.05. The maximum absolute atomic E-state index is 11.8. The Labute approximate surface area is 155 Å². The van der Waals surface area contributed by atoms with E-state index in [1.54, 1.807) is 18.2 Å². The van der Waals surface area contributed by atoms with Gasteiger partial charge in [-0.1, -0.05) is 23.4 Å². The average Bonchev–Trinajstić information content (AvgIpc) is 3.20. The fourth-order valence-corrected chi connectivity index (χ4v) is 2.57. The standard InChI is InChI=1S/C20H17NO6/c22-20(13-25-16-4-2-1-3-5-16)26-12-15-11-18(27-21-15)14-6-7-17-19(10-14)24-9-8-23-17/h1-7,10-11H,8-9,12-13H2. The molecule has 4 rings (SSSR count). The van der Waals surface area contributed by atoms with Crippen LogP contribution in [0.5, 0.6) is 17.2 Å². The first-order valence-corrected chi connectivity index (χ1v) is 8.47. The van der Waals surface area contributed by atoms with Gasteiger partial charge in [-0.2, -0.15) is 0 Å². The lowest BCUT2D eigenvalue weighted by Crippen LogP contribution is -2.15. The van der Waals surface area contributed by atoms with Gasteiger partial charge in [0.1, 0.15) is 31.3 Å². The van der Waals surface area contributed by atoms with Gasteiger partial charge in [0, 0.05) is 11.6 Å². The van der Waals surface area contributed by atoms with E-state index in [4.69, 9.17) is 23.5 Å². The zero-order valence-electron chi connectivity index (χ0n) is 14.4. The Hall–Kier alpha value is -3.48. The van der Waals surface area contributed by atoms with Gasteiger partial charge in [-0.25, -0.2) is 4.79 Å². The number of para-hydroxylation sites is 1. The van der Waals surface area contributed by atoms with E-state index in [0.29, 0.717) is 41.9 Å². The maximum atomic E-state index is 11.8. The largest absolute Gasteiger partial charge is 0.486 e. The molecule has 27 heavy (non-hydrogen) atoms. The highest BCUT2D eigenvalue weighted by Crippen LogP contribution is 2.34. The SMILES string of the molecule is O=C(COc1ccccc1)OCc1cc(-c2ccc3c(c2)OCCO3)on1. The summed E-state index contributed by atoms with van der Waals surface area (Å²) >= 11 is 0. The molecule has 3 aromatic rings. The van der Waals surface area contributed by atoms with Crippen LogP contribution in [-0.2, 0) is 16.1 Å². The van der Waals surface area contributed by atoms with Gasteiger partial charge in [0.15, 0.2) is 23.9 Å². The van der Waals surface area contributed by atoms with Crippen LogP contribution in [0.3, 0.4) is 0 Å². The second-order valence-corrected chi connectivity index (χ2v) is 5.80. The van der Waals surface area contributed by atoms with Gasteiger partial charge < -0.3 is 23.5 Å². The molecule has 0 N–H and O–H groups in total. The van der Waals surface area contributed by atoms with Crippen LogP contribution in [0.25, 0.3) is 11.3 Å². The Morgan fingerprint density at radius 3 is 2.67 bits per heavy atom. The van der Waals surface area contributed by atoms with Crippen molar-refractivity contribution in [2.75, 3.05) is 19.8 Å². The summed E-state index contributed by atoms with van der Waals surface area (Å²) in [6, 6.07) is 16.3. The lowest BCUT2D eigenvalue weighted by molar-refractivity contribution is -0.147. The summed E-state index contributed by atoms with van der Waals surface area (Å²) in [6.45, 7) is 0.888. The molecule has 1 aliphatic rings. The van der Waals surface area contributed by atoms with Crippen LogP contribution in [0.15, 0.2) is 59.1 Å². The Morgan fingerprint density at radius 2 is 1.81 bits per heavy atom. The number of nitrogens with zero attached hydrogens (tertiary/aromatic N) is 1. The van der Waals surface area contributed by atoms with Crippen molar-refractivity contribution in [3.05, 3.63) is 60.3 Å². The van der Waals surface area contributed by atoms with Gasteiger partial charge in [-0.05, 0) is 30.3 Å². The molecule has 0 radical (unpaired) electrons. The molecule has 1 aromatic heterocycles. The number of aromatic nitrogens is 1. The second-order valence-electron chi connectivity index (χ2n) is 5.80. The first kappa shape index (κ1) is 17.0. The van der Waals surface area contributed by atoms with Gasteiger partial charge in [-0.15, -0.1) is 0 Å². The summed E-state index contributed by atoms with van der Waals surface area (Å²) in [7, 11) is 0. The summed E-state index contributed by atoms with van der Waals surface area (Å²) in [5.41, 5.74) is 1.31. The molecule has 7 nitrogen and oxygen atoms in total. The molecular formula is C20H17NO6. The van der Waals surface area contributed by atoms with E-state index in [-0.39, 0.29) is 13.2 Å². The lowest BCUT2D eigenvalue weighted by Gasteiger charge is -2.18. The molecule has 0 fully saturated rings. The highest BCUT2D eigenvalue weighted by molar-refractivity contribution is 5.71. The number of rotatable bonds is 6. The van der Waals surface area contributed by atoms with Crippen LogP contribution < -0.4 is 14.2 Å². The van der Waals surface area contributed by atoms with Crippen molar-refractivity contribution in [2.45, 2.75) is 6.61 Å². The second kappa shape index (κ2) is 7.82. The van der Waals surface area contributed by atoms with Crippen molar-refractivity contribution in [1.82, 2.24) is 5.16 Å². The van der Waals surface area contributed by atoms with Gasteiger partial charge >= 0.3 is 5.97 Å². The van der Waals surface area contributed by atoms with Crippen LogP contribution >= 0.6 is 0 Å². The van der Waals surface area contributed by atoms with E-state index in [0.717, 1.165) is 5.56 Å². The van der Waals surface area contributed by atoms with E-state index in [1.165, 1.54) is 0 Å². The zero-order valence-corrected chi connectivity index (χ0v) is 14.4. The molecule has 2 aromatic carbocycles. The fourth-order valence-electron chi connectivity index (χ4n) is 2.57. The number of ether oxygens (including phenoxy) is 4. The fraction of sp³-hybridized carbons (Fsp3) is 0.200. The monoisotopic (exact) mass is 367 g/mol. The van der Waals surface area contributed by atoms with E-state index >= 15 is 0 Å². The van der Waals surface area contributed by atoms with Crippen LogP contribution in [0.4, 0.5) is 0 Å². The van der Waals surface area contributed by atoms with Crippen molar-refractivity contribution < 1.29 is 28.3 Å². The van der Waals surface area contributed by atoms with Gasteiger partial charge in [0.2, 0.25) is 0 Å². The third kappa shape index (κ3) is 4.20. The van der Waals surface area contributed by atoms with Crippen LogP contribution in [0.2, 0.25) is 0 Å². The van der Waals surface area contributed by atoms with E-state index in [1.807, 2.05) is 36.4 Å².